The van der Waals surface area contributed by atoms with Crippen molar-refractivity contribution in [1.29, 1.82) is 0 Å². The number of carbonyl (C=O) groups excluding carboxylic acids is 2. The molecule has 1 saturated carbocycles. The lowest BCUT2D eigenvalue weighted by atomic mass is 9.85. The molecule has 5 heteroatoms. The highest BCUT2D eigenvalue weighted by molar-refractivity contribution is 6.34. The highest BCUT2D eigenvalue weighted by Gasteiger charge is 2.33. The van der Waals surface area contributed by atoms with Crippen molar-refractivity contribution in [2.45, 2.75) is 45.1 Å². The summed E-state index contributed by atoms with van der Waals surface area (Å²) < 4.78 is 0. The van der Waals surface area contributed by atoms with Crippen LogP contribution in [0.3, 0.4) is 0 Å². The van der Waals surface area contributed by atoms with E-state index in [1.807, 2.05) is 0 Å². The molecule has 1 heterocycles. The van der Waals surface area contributed by atoms with E-state index < -0.39 is 0 Å². The Labute approximate surface area is 121 Å². The van der Waals surface area contributed by atoms with Crippen LogP contribution in [0, 0.1) is 5.92 Å². The van der Waals surface area contributed by atoms with E-state index in [1.54, 1.807) is 16.8 Å². The first kappa shape index (κ1) is 15.3. The molecule has 5 nitrogen and oxygen atoms in total. The van der Waals surface area contributed by atoms with Crippen LogP contribution in [0.1, 0.15) is 39.0 Å². The topological polar surface area (TPSA) is 52.7 Å². The number of hydrogen-bond acceptors (Lipinski definition) is 3. The van der Waals surface area contributed by atoms with Gasteiger partial charge in [-0.05, 0) is 31.7 Å². The van der Waals surface area contributed by atoms with Gasteiger partial charge in [0.05, 0.1) is 0 Å². The Balaban J connectivity index is 1.96. The summed E-state index contributed by atoms with van der Waals surface area (Å²) in [5.74, 6) is -0.157. The number of nitrogens with one attached hydrogen (secondary N) is 1. The fourth-order valence-corrected chi connectivity index (χ4v) is 3.36. The summed E-state index contributed by atoms with van der Waals surface area (Å²) in [7, 11) is 1.79. The third kappa shape index (κ3) is 3.51. The molecule has 1 saturated heterocycles. The number of nitrogens with zero attached hydrogens (tertiary/aromatic N) is 2. The van der Waals surface area contributed by atoms with Crippen molar-refractivity contribution < 1.29 is 9.59 Å². The van der Waals surface area contributed by atoms with Crippen LogP contribution in [0.25, 0.3) is 0 Å². The molecular formula is C15H27N3O2. The summed E-state index contributed by atoms with van der Waals surface area (Å²) >= 11 is 0. The van der Waals surface area contributed by atoms with Crippen molar-refractivity contribution >= 4 is 11.8 Å². The predicted octanol–water partition coefficient (Wildman–Crippen LogP) is 0.845. The average molecular weight is 281 g/mol. The van der Waals surface area contributed by atoms with E-state index in [4.69, 9.17) is 0 Å². The zero-order valence-electron chi connectivity index (χ0n) is 12.7. The number of likely N-dealkylation sites (N-methyl/N-ethyl adjacent to an activating group) is 1. The number of carbonyl (C=O) groups is 2. The molecule has 1 aliphatic carbocycles. The fourth-order valence-electron chi connectivity index (χ4n) is 3.36. The maximum absolute atomic E-state index is 12.4. The number of hydrogen-bond donors (Lipinski definition) is 1. The quantitative estimate of drug-likeness (QED) is 0.725. The SMILES string of the molecule is CC1CCCCC1N(C)C(=O)C(=O)N1CCCNCC1. The van der Waals surface area contributed by atoms with E-state index in [-0.39, 0.29) is 17.9 Å². The summed E-state index contributed by atoms with van der Waals surface area (Å²) in [5.41, 5.74) is 0. The standard InChI is InChI=1S/C15H27N3O2/c1-12-6-3-4-7-13(12)17(2)14(19)15(20)18-10-5-8-16-9-11-18/h12-13,16H,3-11H2,1-2H3. The van der Waals surface area contributed by atoms with Crippen LogP contribution in [-0.2, 0) is 9.59 Å². The van der Waals surface area contributed by atoms with Gasteiger partial charge in [-0.15, -0.1) is 0 Å². The molecule has 20 heavy (non-hydrogen) atoms. The van der Waals surface area contributed by atoms with E-state index in [1.165, 1.54) is 6.42 Å². The Bertz CT molecular complexity index is 351. The maximum atomic E-state index is 12.4. The Hall–Kier alpha value is -1.10. The molecule has 0 aromatic carbocycles. The van der Waals surface area contributed by atoms with Crippen LogP contribution >= 0.6 is 0 Å². The first-order valence-electron chi connectivity index (χ1n) is 7.88. The van der Waals surface area contributed by atoms with Crippen LogP contribution in [0.2, 0.25) is 0 Å². The average Bonchev–Trinajstić information content (AvgIpc) is 2.74. The minimum Gasteiger partial charge on any atom is -0.334 e. The van der Waals surface area contributed by atoms with Crippen LogP contribution in [0.15, 0.2) is 0 Å². The normalized spacial score (nSPS) is 27.8. The van der Waals surface area contributed by atoms with Gasteiger partial charge in [0.1, 0.15) is 0 Å². The van der Waals surface area contributed by atoms with Crippen molar-refractivity contribution in [3.8, 4) is 0 Å². The van der Waals surface area contributed by atoms with Gasteiger partial charge in [-0.3, -0.25) is 9.59 Å². The lowest BCUT2D eigenvalue weighted by molar-refractivity contribution is -0.153. The number of rotatable bonds is 1. The Morgan fingerprint density at radius 3 is 2.60 bits per heavy atom. The lowest BCUT2D eigenvalue weighted by Crippen LogP contribution is -2.50. The van der Waals surface area contributed by atoms with Gasteiger partial charge in [-0.1, -0.05) is 19.8 Å². The Morgan fingerprint density at radius 2 is 1.85 bits per heavy atom. The molecule has 1 N–H and O–H groups in total. The highest BCUT2D eigenvalue weighted by atomic mass is 16.2. The lowest BCUT2D eigenvalue weighted by Gasteiger charge is -2.36. The van der Waals surface area contributed by atoms with Crippen molar-refractivity contribution in [3.05, 3.63) is 0 Å². The Morgan fingerprint density at radius 1 is 1.10 bits per heavy atom. The van der Waals surface area contributed by atoms with Gasteiger partial charge in [0.15, 0.2) is 0 Å². The molecule has 1 aliphatic heterocycles. The molecule has 2 unspecified atom stereocenters. The molecule has 2 aliphatic rings. The molecule has 0 bridgehead atoms. The van der Waals surface area contributed by atoms with E-state index in [0.717, 1.165) is 38.8 Å². The van der Waals surface area contributed by atoms with E-state index in [2.05, 4.69) is 12.2 Å². The number of amides is 2. The summed E-state index contributed by atoms with van der Waals surface area (Å²) in [5, 5.41) is 3.25. The second-order valence-corrected chi connectivity index (χ2v) is 6.14. The molecule has 2 amide bonds. The molecule has 2 atom stereocenters. The summed E-state index contributed by atoms with van der Waals surface area (Å²) in [6.45, 7) is 5.22. The van der Waals surface area contributed by atoms with E-state index >= 15 is 0 Å². The van der Waals surface area contributed by atoms with Gasteiger partial charge in [0.25, 0.3) is 0 Å². The molecule has 114 valence electrons. The van der Waals surface area contributed by atoms with E-state index in [0.29, 0.717) is 19.0 Å². The van der Waals surface area contributed by atoms with Crippen molar-refractivity contribution in [2.24, 2.45) is 5.92 Å². The molecule has 0 spiro atoms. The van der Waals surface area contributed by atoms with Gasteiger partial charge < -0.3 is 15.1 Å². The molecular weight excluding hydrogens is 254 g/mol. The molecule has 0 aromatic heterocycles. The summed E-state index contributed by atoms with van der Waals surface area (Å²) in [4.78, 5) is 28.2. The minimum absolute atomic E-state index is 0.227. The predicted molar refractivity (Wildman–Crippen MR) is 78.3 cm³/mol. The van der Waals surface area contributed by atoms with Crippen LogP contribution < -0.4 is 5.32 Å². The summed E-state index contributed by atoms with van der Waals surface area (Å²) in [6.07, 6.45) is 5.50. The van der Waals surface area contributed by atoms with E-state index in [9.17, 15) is 9.59 Å². The fraction of sp³-hybridized carbons (Fsp3) is 0.867. The van der Waals surface area contributed by atoms with Crippen molar-refractivity contribution in [3.63, 3.8) is 0 Å². The second-order valence-electron chi connectivity index (χ2n) is 6.14. The van der Waals surface area contributed by atoms with Gasteiger partial charge >= 0.3 is 11.8 Å². The third-order valence-corrected chi connectivity index (χ3v) is 4.69. The molecule has 0 aromatic rings. The maximum Gasteiger partial charge on any atom is 0.312 e. The van der Waals surface area contributed by atoms with Gasteiger partial charge in [-0.2, -0.15) is 0 Å². The second kappa shape index (κ2) is 7.07. The molecule has 0 radical (unpaired) electrons. The zero-order chi connectivity index (χ0) is 14.5. The largest absolute Gasteiger partial charge is 0.334 e. The highest BCUT2D eigenvalue weighted by Crippen LogP contribution is 2.27. The zero-order valence-corrected chi connectivity index (χ0v) is 12.7. The summed E-state index contributed by atoms with van der Waals surface area (Å²) in [6, 6.07) is 0.227. The smallest absolute Gasteiger partial charge is 0.312 e. The van der Waals surface area contributed by atoms with Crippen molar-refractivity contribution in [2.75, 3.05) is 33.2 Å². The van der Waals surface area contributed by atoms with Gasteiger partial charge in [-0.25, -0.2) is 0 Å². The molecule has 2 fully saturated rings. The first-order chi connectivity index (χ1) is 9.61. The Kier molecular flexibility index (Phi) is 5.40. The van der Waals surface area contributed by atoms with Crippen LogP contribution in [0.4, 0.5) is 0 Å². The van der Waals surface area contributed by atoms with Crippen LogP contribution in [-0.4, -0.2) is 60.9 Å². The first-order valence-corrected chi connectivity index (χ1v) is 7.88. The third-order valence-electron chi connectivity index (χ3n) is 4.69. The van der Waals surface area contributed by atoms with Crippen LogP contribution in [0.5, 0.6) is 0 Å². The van der Waals surface area contributed by atoms with Gasteiger partial charge in [0, 0.05) is 32.7 Å². The monoisotopic (exact) mass is 281 g/mol. The van der Waals surface area contributed by atoms with Gasteiger partial charge in [0.2, 0.25) is 0 Å². The minimum atomic E-state index is -0.328. The van der Waals surface area contributed by atoms with Crippen molar-refractivity contribution in [1.82, 2.24) is 15.1 Å². The molecule has 2 rings (SSSR count).